The Bertz CT molecular complexity index is 1260. The first kappa shape index (κ1) is 21.4. The summed E-state index contributed by atoms with van der Waals surface area (Å²) >= 11 is 0. The molecule has 1 unspecified atom stereocenters. The van der Waals surface area contributed by atoms with Crippen LogP contribution in [-0.4, -0.2) is 50.9 Å². The summed E-state index contributed by atoms with van der Waals surface area (Å²) in [7, 11) is 0. The van der Waals surface area contributed by atoms with Gasteiger partial charge in [0.15, 0.2) is 5.65 Å². The van der Waals surface area contributed by atoms with E-state index in [-0.39, 0.29) is 23.3 Å². The van der Waals surface area contributed by atoms with Gasteiger partial charge < -0.3 is 9.80 Å². The van der Waals surface area contributed by atoms with Crippen LogP contribution in [0.4, 0.5) is 5.69 Å². The van der Waals surface area contributed by atoms with Gasteiger partial charge in [0.1, 0.15) is 0 Å². The molecule has 2 aromatic heterocycles. The van der Waals surface area contributed by atoms with Crippen molar-refractivity contribution in [2.45, 2.75) is 51.4 Å². The van der Waals surface area contributed by atoms with Gasteiger partial charge in [-0.2, -0.15) is 0 Å². The summed E-state index contributed by atoms with van der Waals surface area (Å²) in [5.41, 5.74) is 4.34. The molecule has 8 heteroatoms. The SMILES string of the molecule is Cc1cc(=O)n2[nH]c(C3CCCN(C(=O)CCCC(=O)N4CCc5ccccc54)C3)cc2n1. The minimum absolute atomic E-state index is 0.0931. The van der Waals surface area contributed by atoms with Crippen LogP contribution in [-0.2, 0) is 16.0 Å². The number of amides is 2. The lowest BCUT2D eigenvalue weighted by Gasteiger charge is -2.32. The van der Waals surface area contributed by atoms with Crippen molar-refractivity contribution in [2.24, 2.45) is 0 Å². The predicted molar refractivity (Wildman–Crippen MR) is 125 cm³/mol. The normalized spacial score (nSPS) is 18.0. The molecule has 0 aliphatic carbocycles. The average Bonchev–Trinajstić information content (AvgIpc) is 3.44. The summed E-state index contributed by atoms with van der Waals surface area (Å²) in [6.45, 7) is 3.89. The van der Waals surface area contributed by atoms with Crippen LogP contribution < -0.4 is 10.5 Å². The van der Waals surface area contributed by atoms with Gasteiger partial charge in [0.2, 0.25) is 11.8 Å². The third-order valence-electron chi connectivity index (χ3n) is 6.78. The average molecular weight is 448 g/mol. The molecule has 33 heavy (non-hydrogen) atoms. The fourth-order valence-corrected chi connectivity index (χ4v) is 5.08. The molecule has 4 heterocycles. The number of benzene rings is 1. The number of hydrogen-bond donors (Lipinski definition) is 1. The van der Waals surface area contributed by atoms with Gasteiger partial charge in [-0.1, -0.05) is 18.2 Å². The second-order valence-electron chi connectivity index (χ2n) is 9.10. The highest BCUT2D eigenvalue weighted by atomic mass is 16.2. The van der Waals surface area contributed by atoms with E-state index >= 15 is 0 Å². The van der Waals surface area contributed by atoms with Crippen molar-refractivity contribution < 1.29 is 9.59 Å². The van der Waals surface area contributed by atoms with Gasteiger partial charge in [0.25, 0.3) is 5.56 Å². The Hall–Kier alpha value is -3.42. The Morgan fingerprint density at radius 1 is 1.12 bits per heavy atom. The number of nitrogens with zero attached hydrogens (tertiary/aromatic N) is 4. The molecule has 3 aromatic rings. The molecule has 2 amide bonds. The first-order valence-corrected chi connectivity index (χ1v) is 11.7. The molecule has 2 aliphatic rings. The Kier molecular flexibility index (Phi) is 5.74. The third-order valence-corrected chi connectivity index (χ3v) is 6.78. The summed E-state index contributed by atoms with van der Waals surface area (Å²) in [5, 5.41) is 3.17. The summed E-state index contributed by atoms with van der Waals surface area (Å²) in [5.74, 6) is 0.332. The van der Waals surface area contributed by atoms with Crippen LogP contribution >= 0.6 is 0 Å². The number of hydrogen-bond acceptors (Lipinski definition) is 4. The second kappa shape index (κ2) is 8.84. The van der Waals surface area contributed by atoms with Crippen molar-refractivity contribution in [3.05, 3.63) is 63.7 Å². The van der Waals surface area contributed by atoms with Gasteiger partial charge in [0.05, 0.1) is 0 Å². The van der Waals surface area contributed by atoms with Gasteiger partial charge in [-0.15, -0.1) is 0 Å². The highest BCUT2D eigenvalue weighted by Crippen LogP contribution is 2.29. The summed E-state index contributed by atoms with van der Waals surface area (Å²) in [6.07, 6.45) is 4.08. The second-order valence-corrected chi connectivity index (χ2v) is 9.10. The zero-order chi connectivity index (χ0) is 22.9. The van der Waals surface area contributed by atoms with Crippen LogP contribution in [0, 0.1) is 6.92 Å². The Morgan fingerprint density at radius 3 is 2.82 bits per heavy atom. The highest BCUT2D eigenvalue weighted by molar-refractivity contribution is 5.95. The van der Waals surface area contributed by atoms with E-state index in [9.17, 15) is 14.4 Å². The lowest BCUT2D eigenvalue weighted by Crippen LogP contribution is -2.39. The van der Waals surface area contributed by atoms with Gasteiger partial charge >= 0.3 is 0 Å². The van der Waals surface area contributed by atoms with Crippen molar-refractivity contribution in [2.75, 3.05) is 24.5 Å². The van der Waals surface area contributed by atoms with Crippen LogP contribution in [0.1, 0.15) is 55.0 Å². The van der Waals surface area contributed by atoms with Crippen molar-refractivity contribution in [3.63, 3.8) is 0 Å². The highest BCUT2D eigenvalue weighted by Gasteiger charge is 2.27. The number of carbonyl (C=O) groups excluding carboxylic acids is 2. The maximum atomic E-state index is 12.9. The summed E-state index contributed by atoms with van der Waals surface area (Å²) in [4.78, 5) is 46.0. The number of H-pyrrole nitrogens is 1. The van der Waals surface area contributed by atoms with Crippen LogP contribution in [0.15, 0.2) is 41.2 Å². The predicted octanol–water partition coefficient (Wildman–Crippen LogP) is 2.80. The first-order valence-electron chi connectivity index (χ1n) is 11.7. The minimum Gasteiger partial charge on any atom is -0.342 e. The number of piperidine rings is 1. The van der Waals surface area contributed by atoms with E-state index in [0.717, 1.165) is 43.7 Å². The molecule has 0 radical (unpaired) electrons. The van der Waals surface area contributed by atoms with E-state index in [2.05, 4.69) is 16.1 Å². The third kappa shape index (κ3) is 4.29. The number of likely N-dealkylation sites (tertiary alicyclic amines) is 1. The molecular formula is C25H29N5O3. The van der Waals surface area contributed by atoms with Gasteiger partial charge in [-0.25, -0.2) is 9.50 Å². The lowest BCUT2D eigenvalue weighted by atomic mass is 9.94. The van der Waals surface area contributed by atoms with Crippen molar-refractivity contribution in [1.29, 1.82) is 0 Å². The number of carbonyl (C=O) groups is 2. The molecule has 5 rings (SSSR count). The zero-order valence-electron chi connectivity index (χ0n) is 18.9. The quantitative estimate of drug-likeness (QED) is 0.651. The number of anilines is 1. The van der Waals surface area contributed by atoms with Crippen molar-refractivity contribution in [1.82, 2.24) is 19.5 Å². The Balaban J connectivity index is 1.17. The van der Waals surface area contributed by atoms with Gasteiger partial charge in [-0.3, -0.25) is 19.5 Å². The molecule has 1 aromatic carbocycles. The number of aromatic nitrogens is 3. The van der Waals surface area contributed by atoms with E-state index in [1.165, 1.54) is 16.1 Å². The maximum absolute atomic E-state index is 12.9. The lowest BCUT2D eigenvalue weighted by molar-refractivity contribution is -0.132. The van der Waals surface area contributed by atoms with Crippen LogP contribution in [0.3, 0.4) is 0 Å². The standard InChI is InChI=1S/C25H29N5O3/c1-17-14-25(33)30-22(26-17)15-20(27-30)19-7-5-12-28(16-19)23(31)9-4-10-24(32)29-13-11-18-6-2-3-8-21(18)29/h2-3,6,8,14-15,19,27H,4-5,7,9-13,16H2,1H3. The number of para-hydroxylation sites is 1. The molecule has 0 bridgehead atoms. The number of aromatic amines is 1. The zero-order valence-corrected chi connectivity index (χ0v) is 18.9. The van der Waals surface area contributed by atoms with Crippen LogP contribution in [0.5, 0.6) is 0 Å². The fourth-order valence-electron chi connectivity index (χ4n) is 5.08. The molecule has 1 N–H and O–H groups in total. The molecular weight excluding hydrogens is 418 g/mol. The summed E-state index contributed by atoms with van der Waals surface area (Å²) in [6, 6.07) is 11.4. The largest absolute Gasteiger partial charge is 0.342 e. The van der Waals surface area contributed by atoms with E-state index in [4.69, 9.17) is 0 Å². The van der Waals surface area contributed by atoms with Crippen LogP contribution in [0.25, 0.3) is 5.65 Å². The molecule has 8 nitrogen and oxygen atoms in total. The smallest absolute Gasteiger partial charge is 0.272 e. The van der Waals surface area contributed by atoms with Crippen LogP contribution in [0.2, 0.25) is 0 Å². The molecule has 1 fully saturated rings. The molecule has 0 saturated carbocycles. The Labute approximate surface area is 192 Å². The van der Waals surface area contributed by atoms with Gasteiger partial charge in [-0.05, 0) is 44.2 Å². The number of aryl methyl sites for hydroxylation is 1. The molecule has 1 saturated heterocycles. The number of fused-ring (bicyclic) bond motifs is 2. The number of rotatable bonds is 5. The molecule has 172 valence electrons. The summed E-state index contributed by atoms with van der Waals surface area (Å²) < 4.78 is 1.46. The Morgan fingerprint density at radius 2 is 1.94 bits per heavy atom. The van der Waals surface area contributed by atoms with E-state index in [1.54, 1.807) is 0 Å². The monoisotopic (exact) mass is 447 g/mol. The van der Waals surface area contributed by atoms with E-state index < -0.39 is 0 Å². The fraction of sp³-hybridized carbons (Fsp3) is 0.440. The first-order chi connectivity index (χ1) is 16.0. The van der Waals surface area contributed by atoms with Gasteiger partial charge in [0, 0.05) is 67.6 Å². The van der Waals surface area contributed by atoms with Crippen molar-refractivity contribution in [3.8, 4) is 0 Å². The molecule has 2 aliphatic heterocycles. The topological polar surface area (TPSA) is 90.8 Å². The molecule has 1 atom stereocenters. The number of nitrogens with one attached hydrogen (secondary N) is 1. The van der Waals surface area contributed by atoms with E-state index in [0.29, 0.717) is 37.1 Å². The minimum atomic E-state index is -0.127. The molecule has 0 spiro atoms. The van der Waals surface area contributed by atoms with E-state index in [1.807, 2.05) is 41.0 Å². The van der Waals surface area contributed by atoms with Crippen molar-refractivity contribution >= 4 is 23.1 Å². The maximum Gasteiger partial charge on any atom is 0.272 e.